The number of nitrogens with two attached hydrogens (primary N) is 1. The van der Waals surface area contributed by atoms with E-state index in [0.717, 1.165) is 0 Å². The van der Waals surface area contributed by atoms with Crippen LogP contribution in [-0.2, 0) is 0 Å². The van der Waals surface area contributed by atoms with Gasteiger partial charge in [-0.15, -0.1) is 0 Å². The fourth-order valence-corrected chi connectivity index (χ4v) is 0.976. The number of hydrogen-bond acceptors (Lipinski definition) is 5. The number of carboxylic acid groups (broad SMARTS) is 1. The molecule has 5 nitrogen and oxygen atoms in total. The summed E-state index contributed by atoms with van der Waals surface area (Å²) >= 11 is 0. The van der Waals surface area contributed by atoms with E-state index in [1.807, 2.05) is 0 Å². The molecule has 0 aliphatic heterocycles. The normalized spacial score (nSPS) is 8.57. The first-order valence-corrected chi connectivity index (χ1v) is 3.45. The molecular formula is C8H6N3NaO2. The summed E-state index contributed by atoms with van der Waals surface area (Å²) in [4.78, 5) is 14.3. The molecule has 1 rings (SSSR count). The van der Waals surface area contributed by atoms with Crippen LogP contribution in [0.5, 0.6) is 0 Å². The van der Waals surface area contributed by atoms with Crippen molar-refractivity contribution in [1.82, 2.24) is 4.98 Å². The van der Waals surface area contributed by atoms with E-state index in [2.05, 4.69) is 4.98 Å². The van der Waals surface area contributed by atoms with Crippen molar-refractivity contribution >= 4 is 11.8 Å². The predicted octanol–water partition coefficient (Wildman–Crippen LogP) is -3.79. The van der Waals surface area contributed by atoms with E-state index in [1.54, 1.807) is 13.0 Å². The Labute approximate surface area is 103 Å². The smallest absolute Gasteiger partial charge is 0.545 e. The van der Waals surface area contributed by atoms with E-state index in [4.69, 9.17) is 11.0 Å². The zero-order chi connectivity index (χ0) is 10.0. The molecule has 0 bridgehead atoms. The van der Waals surface area contributed by atoms with Gasteiger partial charge in [0, 0.05) is 11.3 Å². The fraction of sp³-hybridized carbons (Fsp3) is 0.125. The molecule has 0 amide bonds. The molecule has 0 aliphatic rings. The maximum Gasteiger partial charge on any atom is 1.00 e. The number of carbonyl (C=O) groups is 1. The number of rotatable bonds is 1. The van der Waals surface area contributed by atoms with Gasteiger partial charge in [-0.2, -0.15) is 5.26 Å². The number of aryl methyl sites for hydroxylation is 1. The molecule has 1 aromatic rings. The van der Waals surface area contributed by atoms with Crippen LogP contribution in [0.3, 0.4) is 0 Å². The van der Waals surface area contributed by atoms with Crippen molar-refractivity contribution in [3.8, 4) is 6.07 Å². The van der Waals surface area contributed by atoms with Crippen molar-refractivity contribution < 1.29 is 39.5 Å². The van der Waals surface area contributed by atoms with Crippen LogP contribution in [0, 0.1) is 18.3 Å². The molecule has 66 valence electrons. The summed E-state index contributed by atoms with van der Waals surface area (Å²) in [7, 11) is 0. The van der Waals surface area contributed by atoms with Gasteiger partial charge in [-0.05, 0) is 13.0 Å². The van der Waals surface area contributed by atoms with E-state index in [1.165, 1.54) is 6.07 Å². The van der Waals surface area contributed by atoms with E-state index < -0.39 is 5.97 Å². The number of carbonyl (C=O) groups excluding carboxylic acids is 1. The fourth-order valence-electron chi connectivity index (χ4n) is 0.976. The predicted molar refractivity (Wildman–Crippen MR) is 42.4 cm³/mol. The van der Waals surface area contributed by atoms with E-state index >= 15 is 0 Å². The largest absolute Gasteiger partial charge is 1.00 e. The van der Waals surface area contributed by atoms with Gasteiger partial charge < -0.3 is 15.6 Å². The Morgan fingerprint density at radius 3 is 2.71 bits per heavy atom. The minimum Gasteiger partial charge on any atom is -0.545 e. The summed E-state index contributed by atoms with van der Waals surface area (Å²) in [5.74, 6) is -1.50. The number of aromatic nitrogens is 1. The first-order valence-electron chi connectivity index (χ1n) is 3.45. The van der Waals surface area contributed by atoms with Crippen molar-refractivity contribution in [1.29, 1.82) is 5.26 Å². The van der Waals surface area contributed by atoms with Gasteiger partial charge in [0.1, 0.15) is 17.5 Å². The van der Waals surface area contributed by atoms with Gasteiger partial charge in [-0.25, -0.2) is 4.98 Å². The standard InChI is InChI=1S/C8H7N3O2.Na/c1-4-2-5(8(12)13)6(3-9)7(10)11-4;/h2H,1H3,(H2,10,11)(H,12,13);/q;+1/p-1. The molecule has 0 fully saturated rings. The minimum absolute atomic E-state index is 0. The molecule has 0 aromatic carbocycles. The van der Waals surface area contributed by atoms with Gasteiger partial charge >= 0.3 is 29.6 Å². The molecule has 0 radical (unpaired) electrons. The Morgan fingerprint density at radius 2 is 2.29 bits per heavy atom. The molecule has 0 atom stereocenters. The van der Waals surface area contributed by atoms with Gasteiger partial charge in [0.05, 0.1) is 5.97 Å². The molecule has 1 aromatic heterocycles. The molecule has 6 heteroatoms. The van der Waals surface area contributed by atoms with Crippen LogP contribution in [0.1, 0.15) is 21.6 Å². The summed E-state index contributed by atoms with van der Waals surface area (Å²) in [5, 5.41) is 19.1. The van der Waals surface area contributed by atoms with Crippen LogP contribution >= 0.6 is 0 Å². The number of anilines is 1. The summed E-state index contributed by atoms with van der Waals surface area (Å²) < 4.78 is 0. The average molecular weight is 199 g/mol. The number of nitriles is 1. The monoisotopic (exact) mass is 199 g/mol. The minimum atomic E-state index is -1.42. The van der Waals surface area contributed by atoms with E-state index in [-0.39, 0.29) is 46.5 Å². The molecule has 2 N–H and O–H groups in total. The van der Waals surface area contributed by atoms with E-state index in [9.17, 15) is 9.90 Å². The molecule has 14 heavy (non-hydrogen) atoms. The molecular weight excluding hydrogens is 193 g/mol. The third-order valence-corrected chi connectivity index (χ3v) is 1.51. The third-order valence-electron chi connectivity index (χ3n) is 1.51. The third kappa shape index (κ3) is 2.45. The Hall–Kier alpha value is -1.09. The van der Waals surface area contributed by atoms with Gasteiger partial charge in [0.15, 0.2) is 0 Å². The van der Waals surface area contributed by atoms with Crippen LogP contribution in [0.15, 0.2) is 6.07 Å². The zero-order valence-electron chi connectivity index (χ0n) is 7.87. The van der Waals surface area contributed by atoms with Crippen molar-refractivity contribution in [3.63, 3.8) is 0 Å². The summed E-state index contributed by atoms with van der Waals surface area (Å²) in [6.07, 6.45) is 0. The number of hydrogen-bond donors (Lipinski definition) is 1. The Kier molecular flexibility index (Phi) is 4.57. The van der Waals surface area contributed by atoms with Crippen LogP contribution < -0.4 is 40.4 Å². The van der Waals surface area contributed by atoms with Crippen LogP contribution in [0.2, 0.25) is 0 Å². The first-order chi connectivity index (χ1) is 6.06. The molecule has 1 heterocycles. The van der Waals surface area contributed by atoms with E-state index in [0.29, 0.717) is 5.69 Å². The maximum atomic E-state index is 10.5. The Morgan fingerprint density at radius 1 is 1.71 bits per heavy atom. The van der Waals surface area contributed by atoms with Crippen molar-refractivity contribution in [2.75, 3.05) is 5.73 Å². The van der Waals surface area contributed by atoms with Gasteiger partial charge in [-0.1, -0.05) is 0 Å². The van der Waals surface area contributed by atoms with Crippen molar-refractivity contribution in [3.05, 3.63) is 22.9 Å². The molecule has 0 aliphatic carbocycles. The van der Waals surface area contributed by atoms with Crippen molar-refractivity contribution in [2.24, 2.45) is 0 Å². The summed E-state index contributed by atoms with van der Waals surface area (Å²) in [6.45, 7) is 1.59. The second-order valence-corrected chi connectivity index (χ2v) is 2.47. The van der Waals surface area contributed by atoms with Crippen LogP contribution in [-0.4, -0.2) is 11.0 Å². The van der Waals surface area contributed by atoms with Gasteiger partial charge in [0.2, 0.25) is 0 Å². The number of nitrogen functional groups attached to an aromatic ring is 1. The van der Waals surface area contributed by atoms with Crippen LogP contribution in [0.4, 0.5) is 5.82 Å². The number of nitrogens with zero attached hydrogens (tertiary/aromatic N) is 2. The maximum absolute atomic E-state index is 10.5. The topological polar surface area (TPSA) is 103 Å². The quantitative estimate of drug-likeness (QED) is 0.467. The summed E-state index contributed by atoms with van der Waals surface area (Å²) in [5.41, 5.74) is 5.42. The second-order valence-electron chi connectivity index (χ2n) is 2.47. The zero-order valence-corrected chi connectivity index (χ0v) is 9.87. The average Bonchev–Trinajstić information content (AvgIpc) is 2.02. The molecule has 0 saturated carbocycles. The van der Waals surface area contributed by atoms with Crippen LogP contribution in [0.25, 0.3) is 0 Å². The Balaban J connectivity index is 0.00000169. The Bertz CT molecular complexity index is 412. The number of carboxylic acids is 1. The molecule has 0 spiro atoms. The second kappa shape index (κ2) is 4.96. The summed E-state index contributed by atoms with van der Waals surface area (Å²) in [6, 6.07) is 2.92. The number of pyridine rings is 1. The first kappa shape index (κ1) is 12.9. The molecule has 0 unspecified atom stereocenters. The molecule has 0 saturated heterocycles. The van der Waals surface area contributed by atoms with Crippen molar-refractivity contribution in [2.45, 2.75) is 6.92 Å². The van der Waals surface area contributed by atoms with Gasteiger partial charge in [0.25, 0.3) is 0 Å². The van der Waals surface area contributed by atoms with Gasteiger partial charge in [-0.3, -0.25) is 0 Å². The number of aromatic carboxylic acids is 1. The SMILES string of the molecule is Cc1cc(C(=O)[O-])c(C#N)c(N)n1.[Na+].